The van der Waals surface area contributed by atoms with E-state index in [0.29, 0.717) is 10.6 Å². The molecule has 0 atom stereocenters. The van der Waals surface area contributed by atoms with Crippen molar-refractivity contribution in [2.75, 3.05) is 19.0 Å². The lowest BCUT2D eigenvalue weighted by molar-refractivity contribution is 0.0700. The van der Waals surface area contributed by atoms with Gasteiger partial charge in [0.05, 0.1) is 5.69 Å². The third kappa shape index (κ3) is 2.23. The fourth-order valence-corrected chi connectivity index (χ4v) is 1.98. The Kier molecular flexibility index (Phi) is 3.46. The number of thiazole rings is 1. The van der Waals surface area contributed by atoms with Crippen LogP contribution in [0.25, 0.3) is 0 Å². The number of aromatic carboxylic acids is 1. The molecule has 0 saturated carbocycles. The monoisotopic (exact) mass is 214 g/mol. The predicted octanol–water partition coefficient (Wildman–Crippen LogP) is 1.86. The minimum Gasteiger partial charge on any atom is -0.477 e. The highest BCUT2D eigenvalue weighted by atomic mass is 32.1. The maximum atomic E-state index is 10.9. The second-order valence-electron chi connectivity index (χ2n) is 3.22. The zero-order valence-electron chi connectivity index (χ0n) is 8.57. The molecule has 0 spiro atoms. The number of hydrogen-bond donors (Lipinski definition) is 1. The number of carbonyl (C=O) groups is 1. The van der Waals surface area contributed by atoms with E-state index >= 15 is 0 Å². The maximum absolute atomic E-state index is 10.9. The van der Waals surface area contributed by atoms with Crippen molar-refractivity contribution in [3.05, 3.63) is 10.6 Å². The van der Waals surface area contributed by atoms with Crippen LogP contribution in [0.5, 0.6) is 0 Å². The van der Waals surface area contributed by atoms with Crippen molar-refractivity contribution in [3.63, 3.8) is 0 Å². The minimum absolute atomic E-state index is 0.371. The molecule has 0 aromatic carbocycles. The maximum Gasteiger partial charge on any atom is 0.347 e. The molecule has 1 N–H and O–H groups in total. The summed E-state index contributed by atoms with van der Waals surface area (Å²) in [6.45, 7) is 2.01. The van der Waals surface area contributed by atoms with E-state index in [2.05, 4.69) is 4.98 Å². The first-order valence-electron chi connectivity index (χ1n) is 4.46. The first-order chi connectivity index (χ1) is 6.56. The Hall–Kier alpha value is -1.10. The number of aromatic nitrogens is 1. The molecule has 0 saturated heterocycles. The van der Waals surface area contributed by atoms with Gasteiger partial charge in [-0.3, -0.25) is 0 Å². The van der Waals surface area contributed by atoms with Gasteiger partial charge >= 0.3 is 5.97 Å². The van der Waals surface area contributed by atoms with Crippen molar-refractivity contribution < 1.29 is 9.90 Å². The Balaban J connectivity index is 3.05. The number of carboxylic acid groups (broad SMARTS) is 1. The quantitative estimate of drug-likeness (QED) is 0.831. The first-order valence-corrected chi connectivity index (χ1v) is 5.28. The van der Waals surface area contributed by atoms with E-state index in [1.807, 2.05) is 25.9 Å². The van der Waals surface area contributed by atoms with E-state index in [1.54, 1.807) is 0 Å². The fraction of sp³-hybridized carbons (Fsp3) is 0.556. The van der Waals surface area contributed by atoms with Gasteiger partial charge in [-0.1, -0.05) is 24.7 Å². The zero-order chi connectivity index (χ0) is 10.7. The van der Waals surface area contributed by atoms with Gasteiger partial charge in [0, 0.05) is 14.1 Å². The molecule has 1 rings (SSSR count). The van der Waals surface area contributed by atoms with Crippen LogP contribution in [0.2, 0.25) is 0 Å². The molecule has 0 aliphatic rings. The van der Waals surface area contributed by atoms with Crippen molar-refractivity contribution in [1.82, 2.24) is 4.98 Å². The van der Waals surface area contributed by atoms with Crippen LogP contribution in [0, 0.1) is 0 Å². The second kappa shape index (κ2) is 4.41. The normalized spacial score (nSPS) is 10.2. The molecule has 5 heteroatoms. The summed E-state index contributed by atoms with van der Waals surface area (Å²) in [4.78, 5) is 17.4. The van der Waals surface area contributed by atoms with Crippen LogP contribution in [0.3, 0.4) is 0 Å². The van der Waals surface area contributed by atoms with Crippen LogP contribution in [-0.2, 0) is 6.42 Å². The van der Waals surface area contributed by atoms with Gasteiger partial charge in [0.25, 0.3) is 0 Å². The summed E-state index contributed by atoms with van der Waals surface area (Å²) in [5.41, 5.74) is 0.703. The van der Waals surface area contributed by atoms with Crippen LogP contribution >= 0.6 is 11.3 Å². The highest BCUT2D eigenvalue weighted by Gasteiger charge is 2.17. The Bertz CT molecular complexity index is 334. The van der Waals surface area contributed by atoms with Crippen molar-refractivity contribution in [1.29, 1.82) is 0 Å². The van der Waals surface area contributed by atoms with Gasteiger partial charge in [0.2, 0.25) is 0 Å². The van der Waals surface area contributed by atoms with Crippen molar-refractivity contribution in [2.24, 2.45) is 0 Å². The molecule has 0 aliphatic carbocycles. The summed E-state index contributed by atoms with van der Waals surface area (Å²) in [5, 5.41) is 9.69. The lowest BCUT2D eigenvalue weighted by Crippen LogP contribution is -2.07. The van der Waals surface area contributed by atoms with Gasteiger partial charge < -0.3 is 10.0 Å². The lowest BCUT2D eigenvalue weighted by Gasteiger charge is -2.05. The highest BCUT2D eigenvalue weighted by Crippen LogP contribution is 2.25. The Morgan fingerprint density at radius 3 is 2.64 bits per heavy atom. The van der Waals surface area contributed by atoms with E-state index in [4.69, 9.17) is 5.11 Å². The average molecular weight is 214 g/mol. The van der Waals surface area contributed by atoms with Crippen LogP contribution < -0.4 is 4.90 Å². The summed E-state index contributed by atoms with van der Waals surface area (Å²) in [5.74, 6) is -0.876. The molecule has 0 amide bonds. The molecule has 4 nitrogen and oxygen atoms in total. The second-order valence-corrected chi connectivity index (χ2v) is 4.20. The number of anilines is 1. The van der Waals surface area contributed by atoms with Crippen LogP contribution in [0.1, 0.15) is 28.7 Å². The van der Waals surface area contributed by atoms with Gasteiger partial charge in [-0.2, -0.15) is 0 Å². The zero-order valence-corrected chi connectivity index (χ0v) is 9.39. The first kappa shape index (κ1) is 11.0. The van der Waals surface area contributed by atoms with Crippen molar-refractivity contribution in [2.45, 2.75) is 19.8 Å². The molecule has 0 unspecified atom stereocenters. The summed E-state index contributed by atoms with van der Waals surface area (Å²) in [6.07, 6.45) is 1.64. The van der Waals surface area contributed by atoms with E-state index in [0.717, 1.165) is 18.0 Å². The van der Waals surface area contributed by atoms with Gasteiger partial charge in [-0.25, -0.2) is 9.78 Å². The molecule has 0 radical (unpaired) electrons. The van der Waals surface area contributed by atoms with Crippen molar-refractivity contribution >= 4 is 22.4 Å². The number of aryl methyl sites for hydroxylation is 1. The highest BCUT2D eigenvalue weighted by molar-refractivity contribution is 7.17. The van der Waals surface area contributed by atoms with E-state index < -0.39 is 5.97 Å². The van der Waals surface area contributed by atoms with E-state index in [-0.39, 0.29) is 0 Å². The van der Waals surface area contributed by atoms with E-state index in [1.165, 1.54) is 11.3 Å². The largest absolute Gasteiger partial charge is 0.477 e. The third-order valence-electron chi connectivity index (χ3n) is 1.75. The third-order valence-corrected chi connectivity index (χ3v) is 3.00. The standard InChI is InChI=1S/C9H14N2O2S/c1-4-5-6-7(8(12)13)14-9(10-6)11(2)3/h4-5H2,1-3H3,(H,12,13). The fourth-order valence-electron chi connectivity index (χ4n) is 1.10. The topological polar surface area (TPSA) is 53.4 Å². The molecule has 0 bridgehead atoms. The van der Waals surface area contributed by atoms with Crippen LogP contribution in [0.15, 0.2) is 0 Å². The van der Waals surface area contributed by atoms with Crippen LogP contribution in [0.4, 0.5) is 5.13 Å². The van der Waals surface area contributed by atoms with Gasteiger partial charge in [-0.05, 0) is 6.42 Å². The Morgan fingerprint density at radius 2 is 2.21 bits per heavy atom. The molecular weight excluding hydrogens is 200 g/mol. The summed E-state index contributed by atoms with van der Waals surface area (Å²) >= 11 is 1.23. The lowest BCUT2D eigenvalue weighted by atomic mass is 10.2. The smallest absolute Gasteiger partial charge is 0.347 e. The summed E-state index contributed by atoms with van der Waals surface area (Å²) in [6, 6.07) is 0. The molecule has 1 heterocycles. The minimum atomic E-state index is -0.876. The molecule has 0 aliphatic heterocycles. The van der Waals surface area contributed by atoms with Gasteiger partial charge in [0.15, 0.2) is 5.13 Å². The molecule has 78 valence electrons. The van der Waals surface area contributed by atoms with E-state index in [9.17, 15) is 4.79 Å². The number of nitrogens with zero attached hydrogens (tertiary/aromatic N) is 2. The predicted molar refractivity (Wildman–Crippen MR) is 57.4 cm³/mol. The molecule has 14 heavy (non-hydrogen) atoms. The summed E-state index contributed by atoms with van der Waals surface area (Å²) < 4.78 is 0. The molecule has 0 fully saturated rings. The van der Waals surface area contributed by atoms with Crippen molar-refractivity contribution in [3.8, 4) is 0 Å². The average Bonchev–Trinajstić information content (AvgIpc) is 2.49. The van der Waals surface area contributed by atoms with Crippen LogP contribution in [-0.4, -0.2) is 30.2 Å². The molecule has 1 aromatic rings. The SMILES string of the molecule is CCCc1nc(N(C)C)sc1C(=O)O. The van der Waals surface area contributed by atoms with Gasteiger partial charge in [0.1, 0.15) is 4.88 Å². The number of hydrogen-bond acceptors (Lipinski definition) is 4. The summed E-state index contributed by atoms with van der Waals surface area (Å²) in [7, 11) is 3.72. The number of rotatable bonds is 4. The Morgan fingerprint density at radius 1 is 1.57 bits per heavy atom. The molecule has 1 aromatic heterocycles. The Labute approximate surface area is 87.2 Å². The van der Waals surface area contributed by atoms with Gasteiger partial charge in [-0.15, -0.1) is 0 Å². The number of carboxylic acids is 1. The molecular formula is C9H14N2O2S.